The van der Waals surface area contributed by atoms with Gasteiger partial charge in [0.2, 0.25) is 0 Å². The maximum Gasteiger partial charge on any atom is 0.117 e. The lowest BCUT2D eigenvalue weighted by atomic mass is 9.88. The third-order valence-corrected chi connectivity index (χ3v) is 2.65. The molecule has 1 unspecified atom stereocenters. The van der Waals surface area contributed by atoms with Gasteiger partial charge in [-0.05, 0) is 31.5 Å². The van der Waals surface area contributed by atoms with Crippen LogP contribution >= 0.6 is 0 Å². The molecule has 1 N–H and O–H groups in total. The van der Waals surface area contributed by atoms with Gasteiger partial charge in [0, 0.05) is 23.5 Å². The first-order chi connectivity index (χ1) is 7.12. The SMILES string of the molecule is Cc1ccncc1C(C)(O)c1ccoc1. The number of aromatic nitrogens is 1. The summed E-state index contributed by atoms with van der Waals surface area (Å²) < 4.78 is 4.98. The van der Waals surface area contributed by atoms with E-state index in [1.54, 1.807) is 37.9 Å². The number of aryl methyl sites for hydroxylation is 1. The van der Waals surface area contributed by atoms with Crippen LogP contribution in [0.15, 0.2) is 41.5 Å². The summed E-state index contributed by atoms with van der Waals surface area (Å²) in [5, 5.41) is 10.4. The molecule has 0 spiro atoms. The van der Waals surface area contributed by atoms with E-state index >= 15 is 0 Å². The second-order valence-electron chi connectivity index (χ2n) is 3.77. The van der Waals surface area contributed by atoms with Crippen molar-refractivity contribution < 1.29 is 9.52 Å². The molecule has 0 aliphatic heterocycles. The molecular formula is C12H13NO2. The molecule has 3 nitrogen and oxygen atoms in total. The Morgan fingerprint density at radius 1 is 1.40 bits per heavy atom. The minimum atomic E-state index is -1.05. The van der Waals surface area contributed by atoms with E-state index < -0.39 is 5.60 Å². The molecule has 0 aliphatic rings. The fraction of sp³-hybridized carbons (Fsp3) is 0.250. The van der Waals surface area contributed by atoms with E-state index in [0.717, 1.165) is 16.7 Å². The number of hydrogen-bond acceptors (Lipinski definition) is 3. The van der Waals surface area contributed by atoms with Gasteiger partial charge in [-0.3, -0.25) is 4.98 Å². The highest BCUT2D eigenvalue weighted by molar-refractivity contribution is 5.36. The highest BCUT2D eigenvalue weighted by Gasteiger charge is 2.28. The Labute approximate surface area is 88.4 Å². The second kappa shape index (κ2) is 3.51. The van der Waals surface area contributed by atoms with Gasteiger partial charge in [-0.25, -0.2) is 0 Å². The average molecular weight is 203 g/mol. The lowest BCUT2D eigenvalue weighted by Gasteiger charge is -2.23. The minimum absolute atomic E-state index is 0.735. The molecule has 0 saturated heterocycles. The third kappa shape index (κ3) is 1.66. The molecule has 3 heteroatoms. The van der Waals surface area contributed by atoms with E-state index in [-0.39, 0.29) is 0 Å². The largest absolute Gasteiger partial charge is 0.472 e. The van der Waals surface area contributed by atoms with Gasteiger partial charge in [0.05, 0.1) is 12.5 Å². The van der Waals surface area contributed by atoms with Crippen molar-refractivity contribution in [1.82, 2.24) is 4.98 Å². The summed E-state index contributed by atoms with van der Waals surface area (Å²) in [6.45, 7) is 3.69. The van der Waals surface area contributed by atoms with Crippen molar-refractivity contribution in [1.29, 1.82) is 0 Å². The summed E-state index contributed by atoms with van der Waals surface area (Å²) in [6.07, 6.45) is 6.49. The Kier molecular flexibility index (Phi) is 2.32. The zero-order chi connectivity index (χ0) is 10.9. The zero-order valence-electron chi connectivity index (χ0n) is 8.77. The van der Waals surface area contributed by atoms with E-state index in [9.17, 15) is 5.11 Å². The van der Waals surface area contributed by atoms with E-state index in [2.05, 4.69) is 4.98 Å². The van der Waals surface area contributed by atoms with E-state index in [1.807, 2.05) is 13.0 Å². The van der Waals surface area contributed by atoms with Crippen molar-refractivity contribution in [3.05, 3.63) is 53.7 Å². The van der Waals surface area contributed by atoms with Gasteiger partial charge < -0.3 is 9.52 Å². The van der Waals surface area contributed by atoms with Crippen molar-refractivity contribution in [2.24, 2.45) is 0 Å². The molecular weight excluding hydrogens is 190 g/mol. The fourth-order valence-corrected chi connectivity index (χ4v) is 1.67. The molecule has 2 aromatic rings. The number of pyridine rings is 1. The number of furan rings is 1. The molecule has 0 aliphatic carbocycles. The molecule has 0 fully saturated rings. The highest BCUT2D eigenvalue weighted by Crippen LogP contribution is 2.30. The summed E-state index contributed by atoms with van der Waals surface area (Å²) >= 11 is 0. The predicted octanol–water partition coefficient (Wildman–Crippen LogP) is 2.24. The zero-order valence-corrected chi connectivity index (χ0v) is 8.77. The van der Waals surface area contributed by atoms with Crippen LogP contribution in [0.1, 0.15) is 23.6 Å². The summed E-state index contributed by atoms with van der Waals surface area (Å²) in [4.78, 5) is 4.03. The van der Waals surface area contributed by atoms with Crippen LogP contribution in [0.3, 0.4) is 0 Å². The Morgan fingerprint density at radius 2 is 2.20 bits per heavy atom. The molecule has 0 aromatic carbocycles. The van der Waals surface area contributed by atoms with Crippen LogP contribution in [0.2, 0.25) is 0 Å². The van der Waals surface area contributed by atoms with Crippen LogP contribution < -0.4 is 0 Å². The molecule has 0 amide bonds. The normalized spacial score (nSPS) is 14.9. The molecule has 0 saturated carbocycles. The van der Waals surface area contributed by atoms with Gasteiger partial charge >= 0.3 is 0 Å². The van der Waals surface area contributed by atoms with Crippen LogP contribution in [0, 0.1) is 6.92 Å². The molecule has 15 heavy (non-hydrogen) atoms. The van der Waals surface area contributed by atoms with Crippen LogP contribution in [0.25, 0.3) is 0 Å². The van der Waals surface area contributed by atoms with Crippen molar-refractivity contribution in [2.75, 3.05) is 0 Å². The smallest absolute Gasteiger partial charge is 0.117 e. The Bertz CT molecular complexity index is 446. The Hall–Kier alpha value is -1.61. The van der Waals surface area contributed by atoms with Gasteiger partial charge in [-0.15, -0.1) is 0 Å². The Morgan fingerprint density at radius 3 is 2.80 bits per heavy atom. The minimum Gasteiger partial charge on any atom is -0.472 e. The van der Waals surface area contributed by atoms with Crippen LogP contribution in [0.4, 0.5) is 0 Å². The van der Waals surface area contributed by atoms with Crippen LogP contribution in [-0.4, -0.2) is 10.1 Å². The molecule has 0 bridgehead atoms. The van der Waals surface area contributed by atoms with Crippen molar-refractivity contribution in [3.8, 4) is 0 Å². The fourth-order valence-electron chi connectivity index (χ4n) is 1.67. The first kappa shape index (κ1) is 9.93. The summed E-state index contributed by atoms with van der Waals surface area (Å²) in [5.41, 5.74) is 1.49. The maximum absolute atomic E-state index is 10.4. The van der Waals surface area contributed by atoms with Crippen molar-refractivity contribution >= 4 is 0 Å². The monoisotopic (exact) mass is 203 g/mol. The highest BCUT2D eigenvalue weighted by atomic mass is 16.3. The van der Waals surface area contributed by atoms with Gasteiger partial charge in [0.1, 0.15) is 5.60 Å². The Balaban J connectivity index is 2.51. The standard InChI is InChI=1S/C12H13NO2/c1-9-3-5-13-7-11(9)12(2,14)10-4-6-15-8-10/h3-8,14H,1-2H3. The van der Waals surface area contributed by atoms with E-state index in [1.165, 1.54) is 0 Å². The quantitative estimate of drug-likeness (QED) is 0.814. The third-order valence-electron chi connectivity index (χ3n) is 2.65. The lowest BCUT2D eigenvalue weighted by molar-refractivity contribution is 0.100. The topological polar surface area (TPSA) is 46.3 Å². The van der Waals surface area contributed by atoms with Crippen molar-refractivity contribution in [2.45, 2.75) is 19.4 Å². The summed E-state index contributed by atoms with van der Waals surface area (Å²) in [7, 11) is 0. The summed E-state index contributed by atoms with van der Waals surface area (Å²) in [5.74, 6) is 0. The molecule has 1 atom stereocenters. The van der Waals surface area contributed by atoms with Crippen LogP contribution in [-0.2, 0) is 5.60 Å². The van der Waals surface area contributed by atoms with Gasteiger partial charge in [0.15, 0.2) is 0 Å². The van der Waals surface area contributed by atoms with Gasteiger partial charge in [-0.1, -0.05) is 0 Å². The van der Waals surface area contributed by atoms with Gasteiger partial charge in [-0.2, -0.15) is 0 Å². The molecule has 2 aromatic heterocycles. The predicted molar refractivity (Wildman–Crippen MR) is 56.4 cm³/mol. The number of aliphatic hydroxyl groups is 1. The average Bonchev–Trinajstić information content (AvgIpc) is 2.71. The number of hydrogen-bond donors (Lipinski definition) is 1. The van der Waals surface area contributed by atoms with Gasteiger partial charge in [0.25, 0.3) is 0 Å². The van der Waals surface area contributed by atoms with Crippen molar-refractivity contribution in [3.63, 3.8) is 0 Å². The van der Waals surface area contributed by atoms with E-state index in [4.69, 9.17) is 4.42 Å². The molecule has 0 radical (unpaired) electrons. The molecule has 2 rings (SSSR count). The molecule has 78 valence electrons. The number of rotatable bonds is 2. The molecule has 2 heterocycles. The lowest BCUT2D eigenvalue weighted by Crippen LogP contribution is -2.23. The second-order valence-corrected chi connectivity index (χ2v) is 3.77. The maximum atomic E-state index is 10.4. The first-order valence-electron chi connectivity index (χ1n) is 4.78. The summed E-state index contributed by atoms with van der Waals surface area (Å²) in [6, 6.07) is 3.64. The first-order valence-corrected chi connectivity index (χ1v) is 4.78. The van der Waals surface area contributed by atoms with E-state index in [0.29, 0.717) is 0 Å². The van der Waals surface area contributed by atoms with Crippen LogP contribution in [0.5, 0.6) is 0 Å². The number of nitrogens with zero attached hydrogens (tertiary/aromatic N) is 1.